The van der Waals surface area contributed by atoms with E-state index in [-0.39, 0.29) is 4.90 Å². The van der Waals surface area contributed by atoms with Crippen LogP contribution >= 0.6 is 0 Å². The molecule has 0 aliphatic heterocycles. The minimum atomic E-state index is -3.88. The predicted molar refractivity (Wildman–Crippen MR) is 136 cm³/mol. The van der Waals surface area contributed by atoms with Crippen molar-refractivity contribution in [1.29, 1.82) is 0 Å². The fraction of sp³-hybridized carbons (Fsp3) is 0.0370. The van der Waals surface area contributed by atoms with Crippen LogP contribution in [0.25, 0.3) is 33.0 Å². The number of nitrogens with zero attached hydrogens (tertiary/aromatic N) is 2. The Bertz CT molecular complexity index is 1570. The van der Waals surface area contributed by atoms with Gasteiger partial charge in [-0.05, 0) is 28.1 Å². The van der Waals surface area contributed by atoms with Crippen LogP contribution in [0, 0.1) is 0 Å². The fourth-order valence-electron chi connectivity index (χ4n) is 4.02. The number of primary sulfonamides is 1. The molecule has 3 N–H and O–H groups in total. The molecule has 5 aromatic rings. The predicted octanol–water partition coefficient (Wildman–Crippen LogP) is 5.22. The molecule has 0 saturated heterocycles. The second kappa shape index (κ2) is 9.05. The molecule has 0 atom stereocenters. The Kier molecular flexibility index (Phi) is 5.79. The Hall–Kier alpha value is -4.07. The van der Waals surface area contributed by atoms with E-state index < -0.39 is 10.0 Å². The largest absolute Gasteiger partial charge is 0.365 e. The van der Waals surface area contributed by atoms with Crippen molar-refractivity contribution in [3.63, 3.8) is 0 Å². The van der Waals surface area contributed by atoms with Crippen LogP contribution in [0.2, 0.25) is 0 Å². The van der Waals surface area contributed by atoms with Crippen molar-refractivity contribution in [1.82, 2.24) is 9.97 Å². The van der Waals surface area contributed by atoms with Crippen LogP contribution in [0.1, 0.15) is 5.56 Å². The fourth-order valence-corrected chi connectivity index (χ4v) is 4.52. The Morgan fingerprint density at radius 2 is 1.50 bits per heavy atom. The normalized spacial score (nSPS) is 11.4. The van der Waals surface area contributed by atoms with Gasteiger partial charge in [0.25, 0.3) is 0 Å². The van der Waals surface area contributed by atoms with Gasteiger partial charge < -0.3 is 5.32 Å². The molecule has 0 amide bonds. The molecule has 0 aliphatic carbocycles. The van der Waals surface area contributed by atoms with Crippen molar-refractivity contribution < 1.29 is 8.42 Å². The third-order valence-electron chi connectivity index (χ3n) is 5.65. The quantitative estimate of drug-likeness (QED) is 0.357. The average molecular weight is 467 g/mol. The van der Waals surface area contributed by atoms with Gasteiger partial charge in [-0.25, -0.2) is 18.5 Å². The molecule has 3 aromatic carbocycles. The lowest BCUT2D eigenvalue weighted by atomic mass is 9.94. The number of nitrogens with one attached hydrogen (secondary N) is 1. The Morgan fingerprint density at radius 3 is 2.24 bits per heavy atom. The van der Waals surface area contributed by atoms with Crippen molar-refractivity contribution in [2.24, 2.45) is 5.14 Å². The van der Waals surface area contributed by atoms with Gasteiger partial charge in [0.15, 0.2) is 0 Å². The minimum Gasteiger partial charge on any atom is -0.365 e. The second-order valence-corrected chi connectivity index (χ2v) is 9.47. The highest BCUT2D eigenvalue weighted by atomic mass is 32.2. The SMILES string of the molecule is NS(=O)(=O)c1cncc(-c2cnc(NCc3ccccc3)c3c(-c4ccccc4)cccc23)c1. The van der Waals surface area contributed by atoms with E-state index in [9.17, 15) is 8.42 Å². The molecule has 2 heterocycles. The number of sulfonamides is 1. The molecule has 34 heavy (non-hydrogen) atoms. The molecule has 2 aromatic heterocycles. The van der Waals surface area contributed by atoms with Gasteiger partial charge in [0.1, 0.15) is 10.7 Å². The molecule has 0 aliphatic rings. The van der Waals surface area contributed by atoms with Crippen LogP contribution in [0.4, 0.5) is 5.82 Å². The highest BCUT2D eigenvalue weighted by molar-refractivity contribution is 7.89. The summed E-state index contributed by atoms with van der Waals surface area (Å²) in [5, 5.41) is 10.7. The highest BCUT2D eigenvalue weighted by Gasteiger charge is 2.16. The van der Waals surface area contributed by atoms with Crippen LogP contribution < -0.4 is 10.5 Å². The topological polar surface area (TPSA) is 98.0 Å². The van der Waals surface area contributed by atoms with E-state index in [1.807, 2.05) is 48.5 Å². The number of rotatable bonds is 6. The zero-order chi connectivity index (χ0) is 23.5. The van der Waals surface area contributed by atoms with E-state index in [4.69, 9.17) is 10.1 Å². The first-order valence-corrected chi connectivity index (χ1v) is 12.3. The van der Waals surface area contributed by atoms with Gasteiger partial charge in [-0.2, -0.15) is 0 Å². The van der Waals surface area contributed by atoms with Crippen molar-refractivity contribution >= 4 is 26.6 Å². The maximum absolute atomic E-state index is 11.9. The summed E-state index contributed by atoms with van der Waals surface area (Å²) in [4.78, 5) is 8.83. The third-order valence-corrected chi connectivity index (χ3v) is 6.53. The smallest absolute Gasteiger partial charge is 0.239 e. The number of fused-ring (bicyclic) bond motifs is 1. The number of hydrogen-bond donors (Lipinski definition) is 2. The first-order valence-electron chi connectivity index (χ1n) is 10.7. The van der Waals surface area contributed by atoms with Crippen molar-refractivity contribution in [3.8, 4) is 22.3 Å². The number of nitrogens with two attached hydrogens (primary N) is 1. The Labute approximate surface area is 198 Å². The first-order chi connectivity index (χ1) is 16.5. The number of pyridine rings is 2. The molecule has 0 unspecified atom stereocenters. The summed E-state index contributed by atoms with van der Waals surface area (Å²) >= 11 is 0. The van der Waals surface area contributed by atoms with E-state index >= 15 is 0 Å². The van der Waals surface area contributed by atoms with E-state index in [0.29, 0.717) is 12.1 Å². The van der Waals surface area contributed by atoms with E-state index in [2.05, 4.69) is 40.6 Å². The van der Waals surface area contributed by atoms with Gasteiger partial charge in [0.2, 0.25) is 10.0 Å². The maximum atomic E-state index is 11.9. The van der Waals surface area contributed by atoms with Gasteiger partial charge in [0.05, 0.1) is 0 Å². The number of hydrogen-bond acceptors (Lipinski definition) is 5. The summed E-state index contributed by atoms with van der Waals surface area (Å²) in [6, 6.07) is 27.8. The van der Waals surface area contributed by atoms with E-state index in [1.54, 1.807) is 12.4 Å². The molecule has 0 bridgehead atoms. The van der Waals surface area contributed by atoms with Crippen LogP contribution in [-0.4, -0.2) is 18.4 Å². The summed E-state index contributed by atoms with van der Waals surface area (Å²) in [6.45, 7) is 0.619. The highest BCUT2D eigenvalue weighted by Crippen LogP contribution is 2.38. The Morgan fingerprint density at radius 1 is 0.765 bits per heavy atom. The maximum Gasteiger partial charge on any atom is 0.239 e. The van der Waals surface area contributed by atoms with Crippen LogP contribution in [-0.2, 0) is 16.6 Å². The summed E-state index contributed by atoms with van der Waals surface area (Å²) in [5.74, 6) is 0.748. The van der Waals surface area contributed by atoms with Crippen LogP contribution in [0.3, 0.4) is 0 Å². The minimum absolute atomic E-state index is 0.0383. The van der Waals surface area contributed by atoms with Gasteiger partial charge in [0, 0.05) is 41.6 Å². The standard InChI is InChI=1S/C27H22N4O2S/c28-34(32,33)22-14-21(16-29-17-22)25-18-31-27(30-15-19-8-3-1-4-9-19)26-23(12-7-13-24(25)26)20-10-5-2-6-11-20/h1-14,16-18H,15H2,(H,30,31)(H2,28,32,33). The van der Waals surface area contributed by atoms with E-state index in [1.165, 1.54) is 12.3 Å². The number of aromatic nitrogens is 2. The Balaban J connectivity index is 1.71. The van der Waals surface area contributed by atoms with Gasteiger partial charge in [-0.3, -0.25) is 4.98 Å². The van der Waals surface area contributed by atoms with Crippen LogP contribution in [0.5, 0.6) is 0 Å². The molecule has 5 rings (SSSR count). The first kappa shape index (κ1) is 21.8. The average Bonchev–Trinajstić information content (AvgIpc) is 2.87. The third kappa shape index (κ3) is 4.39. The second-order valence-electron chi connectivity index (χ2n) is 7.91. The molecule has 168 valence electrons. The monoisotopic (exact) mass is 466 g/mol. The van der Waals surface area contributed by atoms with Gasteiger partial charge in [-0.15, -0.1) is 0 Å². The zero-order valence-electron chi connectivity index (χ0n) is 18.2. The van der Waals surface area contributed by atoms with Crippen molar-refractivity contribution in [2.75, 3.05) is 5.32 Å². The van der Waals surface area contributed by atoms with Crippen LogP contribution in [0.15, 0.2) is 108 Å². The molecule has 0 spiro atoms. The molecule has 6 nitrogen and oxygen atoms in total. The molecular weight excluding hydrogens is 444 g/mol. The lowest BCUT2D eigenvalue weighted by molar-refractivity contribution is 0.597. The van der Waals surface area contributed by atoms with Gasteiger partial charge >= 0.3 is 0 Å². The molecule has 0 fully saturated rings. The summed E-state index contributed by atoms with van der Waals surface area (Å²) in [6.07, 6.45) is 4.62. The molecule has 0 saturated carbocycles. The van der Waals surface area contributed by atoms with Crippen molar-refractivity contribution in [2.45, 2.75) is 11.4 Å². The number of benzene rings is 3. The summed E-state index contributed by atoms with van der Waals surface area (Å²) in [5.41, 5.74) is 4.63. The van der Waals surface area contributed by atoms with Crippen molar-refractivity contribution in [3.05, 3.63) is 109 Å². The molecular formula is C27H22N4O2S. The van der Waals surface area contributed by atoms with E-state index in [0.717, 1.165) is 38.8 Å². The zero-order valence-corrected chi connectivity index (χ0v) is 19.0. The lowest BCUT2D eigenvalue weighted by Gasteiger charge is -2.16. The number of anilines is 1. The molecule has 7 heteroatoms. The van der Waals surface area contributed by atoms with Gasteiger partial charge in [-0.1, -0.05) is 78.9 Å². The summed E-state index contributed by atoms with van der Waals surface area (Å²) < 4.78 is 23.8. The molecule has 0 radical (unpaired) electrons. The lowest BCUT2D eigenvalue weighted by Crippen LogP contribution is -2.12. The summed E-state index contributed by atoms with van der Waals surface area (Å²) in [7, 11) is -3.88.